The Hall–Kier alpha value is -2.44. The van der Waals surface area contributed by atoms with E-state index in [0.717, 1.165) is 30.7 Å². The van der Waals surface area contributed by atoms with Crippen molar-refractivity contribution in [1.29, 1.82) is 0 Å². The minimum Gasteiger partial charge on any atom is -0.507 e. The summed E-state index contributed by atoms with van der Waals surface area (Å²) >= 11 is 0. The Balaban J connectivity index is 2.01. The zero-order valence-electron chi connectivity index (χ0n) is 14.5. The number of aromatic hydroxyl groups is 1. The van der Waals surface area contributed by atoms with E-state index in [9.17, 15) is 9.90 Å². The second-order valence-electron chi connectivity index (χ2n) is 6.08. The SMILES string of the molecule is CCc1cc(C(C)=O)c(O)cc1OC(C)CCC(C)c1nnn[nH]1. The molecule has 2 aromatic rings. The summed E-state index contributed by atoms with van der Waals surface area (Å²) in [6.07, 6.45) is 2.39. The number of aryl methyl sites for hydroxylation is 1. The lowest BCUT2D eigenvalue weighted by molar-refractivity contribution is 0.101. The van der Waals surface area contributed by atoms with E-state index in [2.05, 4.69) is 27.5 Å². The standard InChI is InChI=1S/C17H24N4O3/c1-5-13-8-14(12(4)22)15(23)9-16(13)24-11(3)7-6-10(2)17-18-20-21-19-17/h8-11,23H,5-7H2,1-4H3,(H,18,19,20,21). The van der Waals surface area contributed by atoms with Crippen molar-refractivity contribution < 1.29 is 14.6 Å². The van der Waals surface area contributed by atoms with Crippen molar-refractivity contribution in [3.8, 4) is 11.5 Å². The Labute approximate surface area is 141 Å². The van der Waals surface area contributed by atoms with Crippen LogP contribution in [0, 0.1) is 0 Å². The molecule has 2 atom stereocenters. The van der Waals surface area contributed by atoms with Crippen molar-refractivity contribution in [1.82, 2.24) is 20.6 Å². The highest BCUT2D eigenvalue weighted by molar-refractivity contribution is 5.97. The highest BCUT2D eigenvalue weighted by atomic mass is 16.5. The van der Waals surface area contributed by atoms with E-state index in [1.165, 1.54) is 13.0 Å². The summed E-state index contributed by atoms with van der Waals surface area (Å²) in [5.41, 5.74) is 1.25. The highest BCUT2D eigenvalue weighted by Gasteiger charge is 2.16. The van der Waals surface area contributed by atoms with E-state index in [1.807, 2.05) is 13.8 Å². The van der Waals surface area contributed by atoms with Crippen LogP contribution in [0.4, 0.5) is 0 Å². The normalized spacial score (nSPS) is 13.5. The van der Waals surface area contributed by atoms with Crippen LogP contribution in [0.2, 0.25) is 0 Å². The van der Waals surface area contributed by atoms with Gasteiger partial charge in [0, 0.05) is 12.0 Å². The number of tetrazole rings is 1. The van der Waals surface area contributed by atoms with Gasteiger partial charge < -0.3 is 9.84 Å². The molecule has 130 valence electrons. The molecule has 2 unspecified atom stereocenters. The van der Waals surface area contributed by atoms with E-state index in [4.69, 9.17) is 4.74 Å². The van der Waals surface area contributed by atoms with Gasteiger partial charge in [-0.25, -0.2) is 5.10 Å². The van der Waals surface area contributed by atoms with E-state index in [-0.39, 0.29) is 23.6 Å². The summed E-state index contributed by atoms with van der Waals surface area (Å²) < 4.78 is 5.99. The molecule has 0 bridgehead atoms. The average molecular weight is 332 g/mol. The fraction of sp³-hybridized carbons (Fsp3) is 0.529. The van der Waals surface area contributed by atoms with Crippen LogP contribution in [0.3, 0.4) is 0 Å². The number of aromatic amines is 1. The number of carbonyl (C=O) groups excluding carboxylic acids is 1. The lowest BCUT2D eigenvalue weighted by Crippen LogP contribution is -2.14. The Kier molecular flexibility index (Phi) is 5.89. The van der Waals surface area contributed by atoms with Gasteiger partial charge in [-0.15, -0.1) is 5.10 Å². The van der Waals surface area contributed by atoms with Crippen LogP contribution in [0.15, 0.2) is 12.1 Å². The minimum absolute atomic E-state index is 0.0313. The minimum atomic E-state index is -0.156. The van der Waals surface area contributed by atoms with Crippen molar-refractivity contribution >= 4 is 5.78 Å². The maximum atomic E-state index is 11.5. The molecule has 1 heterocycles. The van der Waals surface area contributed by atoms with Crippen molar-refractivity contribution in [2.45, 2.75) is 59.0 Å². The zero-order valence-corrected chi connectivity index (χ0v) is 14.5. The van der Waals surface area contributed by atoms with Gasteiger partial charge in [-0.05, 0) is 55.2 Å². The molecule has 7 heteroatoms. The molecule has 0 spiro atoms. The van der Waals surface area contributed by atoms with Crippen molar-refractivity contribution in [2.24, 2.45) is 0 Å². The van der Waals surface area contributed by atoms with E-state index >= 15 is 0 Å². The Morgan fingerprint density at radius 2 is 2.08 bits per heavy atom. The van der Waals surface area contributed by atoms with Gasteiger partial charge in [0.25, 0.3) is 0 Å². The summed E-state index contributed by atoms with van der Waals surface area (Å²) in [6.45, 7) is 7.48. The van der Waals surface area contributed by atoms with Gasteiger partial charge in [0.15, 0.2) is 11.6 Å². The lowest BCUT2D eigenvalue weighted by atomic mass is 10.0. The van der Waals surface area contributed by atoms with Crippen molar-refractivity contribution in [2.75, 3.05) is 0 Å². The number of phenols is 1. The monoisotopic (exact) mass is 332 g/mol. The number of carbonyl (C=O) groups is 1. The predicted octanol–water partition coefficient (Wildman–Crippen LogP) is 3.02. The van der Waals surface area contributed by atoms with Crippen LogP contribution in [0.25, 0.3) is 0 Å². The van der Waals surface area contributed by atoms with E-state index < -0.39 is 0 Å². The Bertz CT molecular complexity index is 685. The number of hydrogen-bond donors (Lipinski definition) is 2. The quantitative estimate of drug-likeness (QED) is 0.721. The first-order valence-electron chi connectivity index (χ1n) is 8.19. The first-order chi connectivity index (χ1) is 11.4. The number of nitrogens with one attached hydrogen (secondary N) is 1. The van der Waals surface area contributed by atoms with Crippen molar-refractivity contribution in [3.05, 3.63) is 29.1 Å². The van der Waals surface area contributed by atoms with Crippen LogP contribution in [-0.4, -0.2) is 37.6 Å². The molecule has 1 aromatic heterocycles. The third-order valence-corrected chi connectivity index (χ3v) is 4.10. The fourth-order valence-electron chi connectivity index (χ4n) is 2.55. The molecule has 0 aliphatic rings. The number of nitrogens with zero attached hydrogens (tertiary/aromatic N) is 3. The van der Waals surface area contributed by atoms with Gasteiger partial charge in [-0.1, -0.05) is 13.8 Å². The topological polar surface area (TPSA) is 101 Å². The van der Waals surface area contributed by atoms with Crippen LogP contribution in [-0.2, 0) is 6.42 Å². The summed E-state index contributed by atoms with van der Waals surface area (Å²) in [4.78, 5) is 11.5. The van der Waals surface area contributed by atoms with Crippen molar-refractivity contribution in [3.63, 3.8) is 0 Å². The first kappa shape index (κ1) is 17.9. The molecular weight excluding hydrogens is 308 g/mol. The fourth-order valence-corrected chi connectivity index (χ4v) is 2.55. The first-order valence-corrected chi connectivity index (χ1v) is 8.19. The van der Waals surface area contributed by atoms with Gasteiger partial charge in [0.2, 0.25) is 0 Å². The third-order valence-electron chi connectivity index (χ3n) is 4.10. The van der Waals surface area contributed by atoms with Gasteiger partial charge in [0.05, 0.1) is 11.7 Å². The number of benzene rings is 1. The summed E-state index contributed by atoms with van der Waals surface area (Å²) in [7, 11) is 0. The molecule has 0 saturated carbocycles. The number of Topliss-reactive ketones (excluding diaryl/α,β-unsaturated/α-hetero) is 1. The number of phenolic OH excluding ortho intramolecular Hbond substituents is 1. The Morgan fingerprint density at radius 3 is 2.67 bits per heavy atom. The number of hydrogen-bond acceptors (Lipinski definition) is 6. The molecule has 2 rings (SSSR count). The smallest absolute Gasteiger partial charge is 0.163 e. The summed E-state index contributed by atoms with van der Waals surface area (Å²) in [5, 5.41) is 23.9. The van der Waals surface area contributed by atoms with Gasteiger partial charge in [-0.3, -0.25) is 4.79 Å². The Morgan fingerprint density at radius 1 is 1.33 bits per heavy atom. The molecule has 0 saturated heterocycles. The third kappa shape index (κ3) is 4.31. The summed E-state index contributed by atoms with van der Waals surface area (Å²) in [6, 6.07) is 3.25. The lowest BCUT2D eigenvalue weighted by Gasteiger charge is -2.19. The molecular formula is C17H24N4O3. The van der Waals surface area contributed by atoms with Crippen LogP contribution in [0.1, 0.15) is 68.2 Å². The van der Waals surface area contributed by atoms with Crippen LogP contribution in [0.5, 0.6) is 11.5 Å². The van der Waals surface area contributed by atoms with E-state index in [1.54, 1.807) is 6.07 Å². The molecule has 1 aromatic carbocycles. The molecule has 2 N–H and O–H groups in total. The number of ether oxygens (including phenoxy) is 1. The molecule has 0 amide bonds. The number of rotatable bonds is 8. The van der Waals surface area contributed by atoms with Gasteiger partial charge in [-0.2, -0.15) is 0 Å². The molecule has 0 aliphatic heterocycles. The molecule has 0 radical (unpaired) electrons. The maximum Gasteiger partial charge on any atom is 0.163 e. The second kappa shape index (κ2) is 7.90. The zero-order chi connectivity index (χ0) is 17.7. The number of aromatic nitrogens is 4. The summed E-state index contributed by atoms with van der Waals surface area (Å²) in [5.74, 6) is 1.41. The van der Waals surface area contributed by atoms with Gasteiger partial charge >= 0.3 is 0 Å². The largest absolute Gasteiger partial charge is 0.507 e. The maximum absolute atomic E-state index is 11.5. The number of ketones is 1. The molecule has 0 fully saturated rings. The molecule has 7 nitrogen and oxygen atoms in total. The molecule has 0 aliphatic carbocycles. The highest BCUT2D eigenvalue weighted by Crippen LogP contribution is 2.30. The average Bonchev–Trinajstić information content (AvgIpc) is 3.07. The molecule has 24 heavy (non-hydrogen) atoms. The second-order valence-corrected chi connectivity index (χ2v) is 6.08. The van der Waals surface area contributed by atoms with Gasteiger partial charge in [0.1, 0.15) is 11.5 Å². The van der Waals surface area contributed by atoms with E-state index in [0.29, 0.717) is 11.3 Å². The number of H-pyrrole nitrogens is 1. The predicted molar refractivity (Wildman–Crippen MR) is 89.4 cm³/mol. The van der Waals surface area contributed by atoms with Crippen LogP contribution < -0.4 is 4.74 Å². The van der Waals surface area contributed by atoms with Crippen LogP contribution >= 0.6 is 0 Å².